The molecule has 4 heteroatoms. The van der Waals surface area contributed by atoms with Gasteiger partial charge in [0.2, 0.25) is 0 Å². The van der Waals surface area contributed by atoms with Crippen molar-refractivity contribution >= 4 is 23.2 Å². The van der Waals surface area contributed by atoms with E-state index in [9.17, 15) is 0 Å². The summed E-state index contributed by atoms with van der Waals surface area (Å²) in [4.78, 5) is 0. The SMILES string of the molecule is CCCNC(C)Cc1ccc(-c2cccc(Cl)c2Cl)o1. The molecule has 1 aromatic heterocycles. The van der Waals surface area contributed by atoms with Gasteiger partial charge in [0.05, 0.1) is 10.0 Å². The number of rotatable bonds is 6. The van der Waals surface area contributed by atoms with Crippen LogP contribution in [0.1, 0.15) is 26.0 Å². The highest BCUT2D eigenvalue weighted by molar-refractivity contribution is 6.43. The first-order chi connectivity index (χ1) is 9.61. The van der Waals surface area contributed by atoms with E-state index in [-0.39, 0.29) is 0 Å². The highest BCUT2D eigenvalue weighted by Gasteiger charge is 2.12. The molecule has 1 heterocycles. The molecule has 0 bridgehead atoms. The molecule has 0 saturated carbocycles. The highest BCUT2D eigenvalue weighted by atomic mass is 35.5. The minimum absolute atomic E-state index is 0.392. The Labute approximate surface area is 130 Å². The molecule has 2 nitrogen and oxygen atoms in total. The Balaban J connectivity index is 2.11. The molecular formula is C16H19Cl2NO. The number of furan rings is 1. The summed E-state index contributed by atoms with van der Waals surface area (Å²) in [6.45, 7) is 5.34. The summed E-state index contributed by atoms with van der Waals surface area (Å²) in [6, 6.07) is 9.89. The van der Waals surface area contributed by atoms with Crippen molar-refractivity contribution in [2.45, 2.75) is 32.7 Å². The molecule has 0 aliphatic heterocycles. The van der Waals surface area contributed by atoms with Gasteiger partial charge in [-0.2, -0.15) is 0 Å². The van der Waals surface area contributed by atoms with Crippen LogP contribution in [-0.4, -0.2) is 12.6 Å². The zero-order chi connectivity index (χ0) is 14.5. The molecule has 0 fully saturated rings. The van der Waals surface area contributed by atoms with Crippen LogP contribution in [0.2, 0.25) is 10.0 Å². The largest absolute Gasteiger partial charge is 0.461 e. The lowest BCUT2D eigenvalue weighted by Crippen LogP contribution is -2.28. The monoisotopic (exact) mass is 311 g/mol. The quantitative estimate of drug-likeness (QED) is 0.794. The molecule has 20 heavy (non-hydrogen) atoms. The van der Waals surface area contributed by atoms with Gasteiger partial charge in [0.15, 0.2) is 0 Å². The predicted molar refractivity (Wildman–Crippen MR) is 85.6 cm³/mol. The third-order valence-electron chi connectivity index (χ3n) is 3.13. The maximum Gasteiger partial charge on any atom is 0.135 e. The Morgan fingerprint density at radius 3 is 2.75 bits per heavy atom. The average molecular weight is 312 g/mol. The molecule has 2 aromatic rings. The van der Waals surface area contributed by atoms with Crippen molar-refractivity contribution < 1.29 is 4.42 Å². The molecule has 1 unspecified atom stereocenters. The highest BCUT2D eigenvalue weighted by Crippen LogP contribution is 2.34. The van der Waals surface area contributed by atoms with Gasteiger partial charge in [-0.15, -0.1) is 0 Å². The summed E-state index contributed by atoms with van der Waals surface area (Å²) in [5, 5.41) is 4.52. The fraction of sp³-hybridized carbons (Fsp3) is 0.375. The molecular weight excluding hydrogens is 293 g/mol. The van der Waals surface area contributed by atoms with Crippen molar-refractivity contribution in [3.63, 3.8) is 0 Å². The first-order valence-corrected chi connectivity index (χ1v) is 7.64. The lowest BCUT2D eigenvalue weighted by molar-refractivity contribution is 0.464. The van der Waals surface area contributed by atoms with Crippen molar-refractivity contribution in [1.29, 1.82) is 0 Å². The van der Waals surface area contributed by atoms with Gasteiger partial charge in [0.25, 0.3) is 0 Å². The third kappa shape index (κ3) is 3.78. The van der Waals surface area contributed by atoms with Crippen LogP contribution in [0.4, 0.5) is 0 Å². The first-order valence-electron chi connectivity index (χ1n) is 6.88. The fourth-order valence-corrected chi connectivity index (χ4v) is 2.48. The zero-order valence-electron chi connectivity index (χ0n) is 11.7. The van der Waals surface area contributed by atoms with Crippen LogP contribution in [0.5, 0.6) is 0 Å². The second-order valence-corrected chi connectivity index (χ2v) is 5.71. The van der Waals surface area contributed by atoms with Crippen molar-refractivity contribution in [1.82, 2.24) is 5.32 Å². The maximum absolute atomic E-state index is 6.21. The van der Waals surface area contributed by atoms with Crippen molar-refractivity contribution in [3.8, 4) is 11.3 Å². The smallest absolute Gasteiger partial charge is 0.135 e. The zero-order valence-corrected chi connectivity index (χ0v) is 13.3. The number of benzene rings is 1. The van der Waals surface area contributed by atoms with Crippen LogP contribution in [-0.2, 0) is 6.42 Å². The molecule has 0 saturated heterocycles. The molecule has 108 valence electrons. The predicted octanol–water partition coefficient (Wildman–Crippen LogP) is 5.18. The van der Waals surface area contributed by atoms with Gasteiger partial charge in [-0.1, -0.05) is 36.2 Å². The minimum Gasteiger partial charge on any atom is -0.461 e. The number of hydrogen-bond donors (Lipinski definition) is 1. The van der Waals surface area contributed by atoms with Crippen LogP contribution < -0.4 is 5.32 Å². The van der Waals surface area contributed by atoms with Crippen molar-refractivity contribution in [3.05, 3.63) is 46.1 Å². The number of halogens is 2. The topological polar surface area (TPSA) is 25.2 Å². The lowest BCUT2D eigenvalue weighted by atomic mass is 10.1. The van der Waals surface area contributed by atoms with E-state index in [1.165, 1.54) is 0 Å². The van der Waals surface area contributed by atoms with E-state index in [1.807, 2.05) is 24.3 Å². The van der Waals surface area contributed by atoms with Gasteiger partial charge in [0.1, 0.15) is 11.5 Å². The van der Waals surface area contributed by atoms with Gasteiger partial charge in [-0.25, -0.2) is 0 Å². The minimum atomic E-state index is 0.392. The third-order valence-corrected chi connectivity index (χ3v) is 3.95. The Morgan fingerprint density at radius 1 is 1.20 bits per heavy atom. The van der Waals surface area contributed by atoms with Crippen molar-refractivity contribution in [2.24, 2.45) is 0 Å². The molecule has 0 aliphatic carbocycles. The maximum atomic E-state index is 6.21. The molecule has 0 amide bonds. The Bertz CT molecular complexity index is 565. The van der Waals surface area contributed by atoms with E-state index < -0.39 is 0 Å². The average Bonchev–Trinajstić information content (AvgIpc) is 2.88. The summed E-state index contributed by atoms with van der Waals surface area (Å²) in [7, 11) is 0. The molecule has 1 atom stereocenters. The second kappa shape index (κ2) is 7.16. The van der Waals surface area contributed by atoms with Crippen LogP contribution in [0.25, 0.3) is 11.3 Å². The van der Waals surface area contributed by atoms with Gasteiger partial charge in [-0.05, 0) is 44.2 Å². The molecule has 1 aromatic carbocycles. The van der Waals surface area contributed by atoms with Crippen LogP contribution in [0.15, 0.2) is 34.7 Å². The van der Waals surface area contributed by atoms with E-state index >= 15 is 0 Å². The van der Waals surface area contributed by atoms with Gasteiger partial charge in [0, 0.05) is 18.0 Å². The Kier molecular flexibility index (Phi) is 5.53. The fourth-order valence-electron chi connectivity index (χ4n) is 2.09. The second-order valence-electron chi connectivity index (χ2n) is 4.93. The van der Waals surface area contributed by atoms with Gasteiger partial charge >= 0.3 is 0 Å². The Morgan fingerprint density at radius 2 is 2.00 bits per heavy atom. The molecule has 2 rings (SSSR count). The summed E-state index contributed by atoms with van der Waals surface area (Å²) in [5.41, 5.74) is 0.833. The van der Waals surface area contributed by atoms with Gasteiger partial charge in [-0.3, -0.25) is 0 Å². The van der Waals surface area contributed by atoms with E-state index in [0.717, 1.165) is 36.5 Å². The van der Waals surface area contributed by atoms with E-state index in [1.54, 1.807) is 6.07 Å². The van der Waals surface area contributed by atoms with E-state index in [4.69, 9.17) is 27.6 Å². The normalized spacial score (nSPS) is 12.6. The summed E-state index contributed by atoms with van der Waals surface area (Å²) in [5.74, 6) is 1.71. The number of nitrogens with one attached hydrogen (secondary N) is 1. The van der Waals surface area contributed by atoms with Crippen LogP contribution in [0, 0.1) is 0 Å². The van der Waals surface area contributed by atoms with E-state index in [2.05, 4.69) is 19.2 Å². The first kappa shape index (κ1) is 15.4. The summed E-state index contributed by atoms with van der Waals surface area (Å²) < 4.78 is 5.87. The molecule has 0 spiro atoms. The van der Waals surface area contributed by atoms with Crippen LogP contribution >= 0.6 is 23.2 Å². The van der Waals surface area contributed by atoms with Crippen molar-refractivity contribution in [2.75, 3.05) is 6.54 Å². The van der Waals surface area contributed by atoms with Gasteiger partial charge < -0.3 is 9.73 Å². The summed E-state index contributed by atoms with van der Waals surface area (Å²) >= 11 is 12.2. The number of hydrogen-bond acceptors (Lipinski definition) is 2. The molecule has 1 N–H and O–H groups in total. The summed E-state index contributed by atoms with van der Waals surface area (Å²) in [6.07, 6.45) is 1.99. The standard InChI is InChI=1S/C16H19Cl2NO/c1-3-9-19-11(2)10-12-7-8-15(20-12)13-5-4-6-14(17)16(13)18/h4-8,11,19H,3,9-10H2,1-2H3. The Hall–Kier alpha value is -0.960. The van der Waals surface area contributed by atoms with E-state index in [0.29, 0.717) is 16.1 Å². The lowest BCUT2D eigenvalue weighted by Gasteiger charge is -2.11. The molecule has 0 aliphatic rings. The van der Waals surface area contributed by atoms with Crippen LogP contribution in [0.3, 0.4) is 0 Å². The molecule has 0 radical (unpaired) electrons.